The average Bonchev–Trinajstić information content (AvgIpc) is 2.26. The molecule has 1 aromatic rings. The summed E-state index contributed by atoms with van der Waals surface area (Å²) in [5.74, 6) is 1.02. The van der Waals surface area contributed by atoms with Crippen molar-refractivity contribution in [2.45, 2.75) is 13.8 Å². The molecule has 0 bridgehead atoms. The Balaban J connectivity index is 2.58. The van der Waals surface area contributed by atoms with Gasteiger partial charge in [-0.05, 0) is 24.1 Å². The van der Waals surface area contributed by atoms with E-state index < -0.39 is 0 Å². The minimum absolute atomic E-state index is 0.0670. The molecule has 3 nitrogen and oxygen atoms in total. The molecule has 3 heteroatoms. The summed E-state index contributed by atoms with van der Waals surface area (Å²) < 4.78 is 4.96. The van der Waals surface area contributed by atoms with E-state index in [4.69, 9.17) is 4.74 Å². The van der Waals surface area contributed by atoms with E-state index >= 15 is 0 Å². The maximum absolute atomic E-state index is 11.6. The molecule has 1 rings (SSSR count). The second-order valence-electron chi connectivity index (χ2n) is 3.75. The molecule has 0 aromatic heterocycles. The van der Waals surface area contributed by atoms with Gasteiger partial charge < -0.3 is 10.1 Å². The Morgan fingerprint density at radius 1 is 1.53 bits per heavy atom. The lowest BCUT2D eigenvalue weighted by atomic mass is 10.2. The predicted octanol–water partition coefficient (Wildman–Crippen LogP) is 1.88. The third-order valence-corrected chi connectivity index (χ3v) is 1.94. The standard InChI is InChI=1S/C12H16NO2/c1-9(2)8-13-12(14)10-4-6-11(15-3)7-5-10/h4-6,9H,8H2,1-3H3,(H,13,14). The van der Waals surface area contributed by atoms with Crippen molar-refractivity contribution in [3.05, 3.63) is 29.8 Å². The molecule has 0 saturated heterocycles. The van der Waals surface area contributed by atoms with Crippen LogP contribution in [0.5, 0.6) is 5.75 Å². The van der Waals surface area contributed by atoms with Crippen molar-refractivity contribution in [1.29, 1.82) is 0 Å². The van der Waals surface area contributed by atoms with Crippen molar-refractivity contribution in [3.8, 4) is 5.75 Å². The summed E-state index contributed by atoms with van der Waals surface area (Å²) in [6, 6.07) is 7.96. The predicted molar refractivity (Wildman–Crippen MR) is 59.0 cm³/mol. The molecule has 0 unspecified atom stereocenters. The number of ether oxygens (including phenoxy) is 1. The summed E-state index contributed by atoms with van der Waals surface area (Å²) >= 11 is 0. The number of hydrogen-bond donors (Lipinski definition) is 1. The van der Waals surface area contributed by atoms with E-state index in [1.807, 2.05) is 0 Å². The summed E-state index contributed by atoms with van der Waals surface area (Å²) in [6.45, 7) is 4.80. The molecular weight excluding hydrogens is 190 g/mol. The highest BCUT2D eigenvalue weighted by molar-refractivity contribution is 5.94. The minimum Gasteiger partial charge on any atom is -0.496 e. The maximum atomic E-state index is 11.6. The first-order valence-electron chi connectivity index (χ1n) is 4.97. The summed E-state index contributed by atoms with van der Waals surface area (Å²) in [5, 5.41) is 2.84. The van der Waals surface area contributed by atoms with Gasteiger partial charge in [-0.2, -0.15) is 0 Å². The Morgan fingerprint density at radius 3 is 2.73 bits per heavy atom. The van der Waals surface area contributed by atoms with Crippen LogP contribution in [0.1, 0.15) is 24.2 Å². The van der Waals surface area contributed by atoms with Gasteiger partial charge in [-0.1, -0.05) is 13.8 Å². The number of methoxy groups -OCH3 is 1. The minimum atomic E-state index is -0.0670. The lowest BCUT2D eigenvalue weighted by molar-refractivity contribution is 0.0949. The Kier molecular flexibility index (Phi) is 4.16. The van der Waals surface area contributed by atoms with Gasteiger partial charge in [0.1, 0.15) is 5.75 Å². The molecular formula is C12H16NO2. The average molecular weight is 206 g/mol. The molecule has 0 saturated carbocycles. The fourth-order valence-corrected chi connectivity index (χ4v) is 1.08. The highest BCUT2D eigenvalue weighted by atomic mass is 16.5. The third kappa shape index (κ3) is 3.62. The molecule has 0 aliphatic carbocycles. The molecule has 0 aliphatic heterocycles. The Morgan fingerprint density at radius 2 is 2.27 bits per heavy atom. The maximum Gasteiger partial charge on any atom is 0.251 e. The van der Waals surface area contributed by atoms with Crippen LogP contribution in [0.15, 0.2) is 18.2 Å². The van der Waals surface area contributed by atoms with Crippen molar-refractivity contribution in [1.82, 2.24) is 5.32 Å². The number of amides is 1. The van der Waals surface area contributed by atoms with Gasteiger partial charge in [0.25, 0.3) is 5.91 Å². The fourth-order valence-electron chi connectivity index (χ4n) is 1.08. The number of benzene rings is 1. The van der Waals surface area contributed by atoms with Crippen molar-refractivity contribution in [3.63, 3.8) is 0 Å². The van der Waals surface area contributed by atoms with Gasteiger partial charge in [-0.15, -0.1) is 0 Å². The molecule has 0 fully saturated rings. The second kappa shape index (κ2) is 5.39. The van der Waals surface area contributed by atoms with E-state index in [0.717, 1.165) is 0 Å². The lowest BCUT2D eigenvalue weighted by Gasteiger charge is -2.07. The summed E-state index contributed by atoms with van der Waals surface area (Å²) in [5.41, 5.74) is 0.608. The largest absolute Gasteiger partial charge is 0.496 e. The van der Waals surface area contributed by atoms with E-state index in [1.54, 1.807) is 25.3 Å². The first-order chi connectivity index (χ1) is 7.13. The van der Waals surface area contributed by atoms with E-state index in [1.165, 1.54) is 0 Å². The first kappa shape index (κ1) is 11.6. The number of carbonyl (C=O) groups excluding carboxylic acids is 1. The monoisotopic (exact) mass is 206 g/mol. The van der Waals surface area contributed by atoms with E-state index in [-0.39, 0.29) is 5.91 Å². The zero-order chi connectivity index (χ0) is 11.3. The third-order valence-electron chi connectivity index (χ3n) is 1.94. The summed E-state index contributed by atoms with van der Waals surface area (Å²) in [7, 11) is 1.57. The van der Waals surface area contributed by atoms with E-state index in [9.17, 15) is 4.79 Å². The molecule has 0 spiro atoms. The topological polar surface area (TPSA) is 38.3 Å². The number of rotatable bonds is 4. The van der Waals surface area contributed by atoms with Crippen LogP contribution in [-0.2, 0) is 0 Å². The van der Waals surface area contributed by atoms with Gasteiger partial charge in [0.15, 0.2) is 0 Å². The molecule has 15 heavy (non-hydrogen) atoms. The van der Waals surface area contributed by atoms with Crippen molar-refractivity contribution in [2.75, 3.05) is 13.7 Å². The number of nitrogens with one attached hydrogen (secondary N) is 1. The summed E-state index contributed by atoms with van der Waals surface area (Å²) in [6.07, 6.45) is 0. The van der Waals surface area contributed by atoms with E-state index in [2.05, 4.69) is 25.2 Å². The molecule has 0 heterocycles. The SMILES string of the molecule is COc1[c]cc(C(=O)NCC(C)C)cc1. The van der Waals surface area contributed by atoms with Gasteiger partial charge in [0.2, 0.25) is 0 Å². The van der Waals surface area contributed by atoms with Gasteiger partial charge in [-0.25, -0.2) is 0 Å². The van der Waals surface area contributed by atoms with Crippen LogP contribution in [0.3, 0.4) is 0 Å². The Hall–Kier alpha value is -1.51. The van der Waals surface area contributed by atoms with Gasteiger partial charge in [-0.3, -0.25) is 4.79 Å². The number of hydrogen-bond acceptors (Lipinski definition) is 2. The van der Waals surface area contributed by atoms with Crippen LogP contribution < -0.4 is 10.1 Å². The molecule has 1 aromatic carbocycles. The first-order valence-corrected chi connectivity index (χ1v) is 4.97. The van der Waals surface area contributed by atoms with E-state index in [0.29, 0.717) is 23.8 Å². The fraction of sp³-hybridized carbons (Fsp3) is 0.417. The molecule has 1 amide bonds. The molecule has 1 N–H and O–H groups in total. The molecule has 0 atom stereocenters. The van der Waals surface area contributed by atoms with Gasteiger partial charge in [0.05, 0.1) is 7.11 Å². The smallest absolute Gasteiger partial charge is 0.251 e. The van der Waals surface area contributed by atoms with Crippen LogP contribution in [0, 0.1) is 12.0 Å². The highest BCUT2D eigenvalue weighted by Crippen LogP contribution is 2.10. The molecule has 81 valence electrons. The molecule has 0 aliphatic rings. The quantitative estimate of drug-likeness (QED) is 0.816. The van der Waals surface area contributed by atoms with Crippen molar-refractivity contribution >= 4 is 5.91 Å². The van der Waals surface area contributed by atoms with Crippen LogP contribution in [0.2, 0.25) is 0 Å². The van der Waals surface area contributed by atoms with Gasteiger partial charge >= 0.3 is 0 Å². The number of carbonyl (C=O) groups is 1. The lowest BCUT2D eigenvalue weighted by Crippen LogP contribution is -2.27. The highest BCUT2D eigenvalue weighted by Gasteiger charge is 2.05. The second-order valence-corrected chi connectivity index (χ2v) is 3.75. The molecule has 1 radical (unpaired) electrons. The Bertz CT molecular complexity index is 317. The van der Waals surface area contributed by atoms with Crippen molar-refractivity contribution in [2.24, 2.45) is 5.92 Å². The normalized spacial score (nSPS) is 10.1. The zero-order valence-electron chi connectivity index (χ0n) is 9.33. The van der Waals surface area contributed by atoms with Crippen molar-refractivity contribution < 1.29 is 9.53 Å². The Labute approximate surface area is 90.4 Å². The zero-order valence-corrected chi connectivity index (χ0v) is 9.33. The van der Waals surface area contributed by atoms with Crippen LogP contribution in [0.4, 0.5) is 0 Å². The summed E-state index contributed by atoms with van der Waals surface area (Å²) in [4.78, 5) is 11.6. The van der Waals surface area contributed by atoms with Crippen LogP contribution in [0.25, 0.3) is 0 Å². The van der Waals surface area contributed by atoms with Gasteiger partial charge in [0, 0.05) is 18.2 Å². The van der Waals surface area contributed by atoms with Crippen LogP contribution in [-0.4, -0.2) is 19.6 Å². The van der Waals surface area contributed by atoms with Crippen LogP contribution >= 0.6 is 0 Å².